The summed E-state index contributed by atoms with van der Waals surface area (Å²) in [4.78, 5) is 11.5. The highest BCUT2D eigenvalue weighted by atomic mass is 16.8. The van der Waals surface area contributed by atoms with Gasteiger partial charge in [-0.1, -0.05) is 27.7 Å². The first-order valence-corrected chi connectivity index (χ1v) is 24.7. The third kappa shape index (κ3) is 8.52. The fraction of sp³-hybridized carbons (Fsp3) is 0.979. The van der Waals surface area contributed by atoms with Crippen molar-refractivity contribution in [2.45, 2.75) is 209 Å². The number of fused-ring (bicyclic) bond motifs is 7. The van der Waals surface area contributed by atoms with Gasteiger partial charge in [-0.2, -0.15) is 0 Å². The molecule has 0 aromatic heterocycles. The molecule has 4 aliphatic carbocycles. The Morgan fingerprint density at radius 2 is 1.27 bits per heavy atom. The second-order valence-electron chi connectivity index (χ2n) is 22.1. The van der Waals surface area contributed by atoms with Crippen LogP contribution in [0.1, 0.15) is 98.8 Å². The monoisotopic (exact) mass is 944 g/mol. The predicted octanol–water partition coefficient (Wildman–Crippen LogP) is -0.163. The fourth-order valence-electron chi connectivity index (χ4n) is 14.9. The summed E-state index contributed by atoms with van der Waals surface area (Å²) >= 11 is 0. The molecule has 0 amide bonds. The van der Waals surface area contributed by atoms with Crippen molar-refractivity contribution in [2.24, 2.45) is 52.3 Å². The van der Waals surface area contributed by atoms with Crippen LogP contribution < -0.4 is 0 Å². The molecule has 27 atom stereocenters. The number of carbonyl (C=O) groups is 1. The molecule has 19 nitrogen and oxygen atoms in total. The first-order valence-electron chi connectivity index (χ1n) is 24.7. The lowest BCUT2D eigenvalue weighted by atomic mass is 9.44. The maximum absolute atomic E-state index is 12.1. The molecule has 9 aliphatic rings. The highest BCUT2D eigenvalue weighted by Crippen LogP contribution is 2.71. The maximum Gasteiger partial charge on any atom is 0.302 e. The summed E-state index contributed by atoms with van der Waals surface area (Å²) in [5, 5.41) is 97.0. The van der Waals surface area contributed by atoms with E-state index in [1.807, 2.05) is 0 Å². The number of aliphatic hydroxyl groups excluding tert-OH is 9. The topological polar surface area (TPSA) is 282 Å². The Morgan fingerprint density at radius 1 is 0.636 bits per heavy atom. The van der Waals surface area contributed by atoms with Gasteiger partial charge in [0.2, 0.25) is 0 Å². The number of aliphatic hydroxyl groups is 9. The number of hydrogen-bond acceptors (Lipinski definition) is 19. The van der Waals surface area contributed by atoms with Crippen molar-refractivity contribution in [1.29, 1.82) is 0 Å². The molecule has 1 unspecified atom stereocenters. The number of hydrogen-bond donors (Lipinski definition) is 9. The van der Waals surface area contributed by atoms with Gasteiger partial charge < -0.3 is 88.6 Å². The molecular weight excluding hydrogens is 868 g/mol. The molecule has 9 rings (SSSR count). The Morgan fingerprint density at radius 3 is 1.92 bits per heavy atom. The largest absolute Gasteiger partial charge is 0.463 e. The Labute approximate surface area is 386 Å². The van der Waals surface area contributed by atoms with E-state index in [2.05, 4.69) is 27.7 Å². The molecule has 5 saturated heterocycles. The molecule has 9 fully saturated rings. The molecular formula is C47H76O19. The van der Waals surface area contributed by atoms with Crippen LogP contribution in [-0.4, -0.2) is 188 Å². The zero-order chi connectivity index (χ0) is 47.2. The smallest absolute Gasteiger partial charge is 0.302 e. The summed E-state index contributed by atoms with van der Waals surface area (Å²) in [5.74, 6) is 2.29. The molecule has 19 heteroatoms. The second-order valence-corrected chi connectivity index (χ2v) is 22.1. The highest BCUT2D eigenvalue weighted by molar-refractivity contribution is 5.65. The standard InChI is InChI=1S/C47H76O19/c1-20-8-13-47(59-18-20)21(2)32-28(66-47)15-27-25-7-6-23-14-24(9-11-45(23,4)26(25)10-12-46(27,32)5)60-44-41(65-42-37(55)35(53)33(51)29(16-48)61-42)39(57)40(30(17-49)62-44)64-43-38(56)36(54)34(52)31(63-43)19-58-22(3)50/h20-21,23-44,48-49,51-57H,6-19H2,1-5H3/t20-,21-,23?,24-,25+,26-,27-,28-,29+,30+,31+,32-,33+,34+,35-,36-,37+,38+,39-,40+,41+,42-,43-,44+,45-,46-,47+/m0/s1. The van der Waals surface area contributed by atoms with Crippen molar-refractivity contribution in [3.8, 4) is 0 Å². The van der Waals surface area contributed by atoms with Gasteiger partial charge in [-0.15, -0.1) is 0 Å². The van der Waals surface area contributed by atoms with Crippen LogP contribution >= 0.6 is 0 Å². The van der Waals surface area contributed by atoms with E-state index in [4.69, 9.17) is 42.6 Å². The quantitative estimate of drug-likeness (QED) is 0.102. The number of carbonyl (C=O) groups excluding carboxylic acids is 1. The van der Waals surface area contributed by atoms with Gasteiger partial charge in [-0.3, -0.25) is 4.79 Å². The van der Waals surface area contributed by atoms with Crippen molar-refractivity contribution in [3.63, 3.8) is 0 Å². The van der Waals surface area contributed by atoms with Crippen LogP contribution in [0.3, 0.4) is 0 Å². The SMILES string of the molecule is CC(=O)OC[C@H]1O[C@@H](O[C@H]2[C@H](O)[C@@H](O[C@@H]3O[C@H](CO)[C@@H](O)[C@H](O)[C@H]3O)[C@H](O[C@H]3CC[C@@]4(C)C(CC[C@H]5[C@@H]6C[C@@H]7O[C@]8(CC[C@H](C)CO8)[C@@H](C)[C@@H]7[C@@]6(C)CC[C@@H]54)C3)O[C@@H]2CO)[C@H](O)[C@@H](O)[C@@H]1O. The Balaban J connectivity index is 0.904. The lowest BCUT2D eigenvalue weighted by Crippen LogP contribution is -2.67. The van der Waals surface area contributed by atoms with Crippen molar-refractivity contribution in [2.75, 3.05) is 26.4 Å². The van der Waals surface area contributed by atoms with Gasteiger partial charge in [-0.05, 0) is 104 Å². The van der Waals surface area contributed by atoms with E-state index in [0.29, 0.717) is 54.3 Å². The van der Waals surface area contributed by atoms with E-state index in [0.717, 1.165) is 64.9 Å². The van der Waals surface area contributed by atoms with E-state index >= 15 is 0 Å². The van der Waals surface area contributed by atoms with Gasteiger partial charge in [0.1, 0.15) is 79.9 Å². The highest BCUT2D eigenvalue weighted by Gasteiger charge is 2.69. The molecule has 0 aromatic carbocycles. The molecule has 66 heavy (non-hydrogen) atoms. The van der Waals surface area contributed by atoms with E-state index in [1.165, 1.54) is 0 Å². The third-order valence-electron chi connectivity index (χ3n) is 18.6. The molecule has 0 radical (unpaired) electrons. The normalized spacial score (nSPS) is 56.0. The lowest BCUT2D eigenvalue weighted by molar-refractivity contribution is -0.391. The predicted molar refractivity (Wildman–Crippen MR) is 225 cm³/mol. The van der Waals surface area contributed by atoms with Gasteiger partial charge in [0.15, 0.2) is 24.7 Å². The molecule has 5 aliphatic heterocycles. The Bertz CT molecular complexity index is 1680. The van der Waals surface area contributed by atoms with Crippen molar-refractivity contribution >= 4 is 5.97 Å². The minimum Gasteiger partial charge on any atom is -0.463 e. The second kappa shape index (κ2) is 19.1. The number of esters is 1. The fourth-order valence-corrected chi connectivity index (χ4v) is 14.9. The van der Waals surface area contributed by atoms with Crippen molar-refractivity contribution in [1.82, 2.24) is 0 Å². The van der Waals surface area contributed by atoms with E-state index in [9.17, 15) is 50.8 Å². The zero-order valence-electron chi connectivity index (χ0n) is 38.9. The van der Waals surface area contributed by atoms with Crippen LogP contribution in [0.5, 0.6) is 0 Å². The van der Waals surface area contributed by atoms with Crippen LogP contribution in [0.2, 0.25) is 0 Å². The number of rotatable bonds is 10. The molecule has 1 spiro atoms. The van der Waals surface area contributed by atoms with Gasteiger partial charge in [0, 0.05) is 19.3 Å². The molecule has 9 N–H and O–H groups in total. The number of ether oxygens (including phenoxy) is 9. The van der Waals surface area contributed by atoms with Crippen LogP contribution in [0.15, 0.2) is 0 Å². The van der Waals surface area contributed by atoms with Crippen LogP contribution in [0.25, 0.3) is 0 Å². The molecule has 378 valence electrons. The zero-order valence-corrected chi connectivity index (χ0v) is 38.9. The van der Waals surface area contributed by atoms with Gasteiger partial charge in [0.25, 0.3) is 0 Å². The van der Waals surface area contributed by atoms with Crippen molar-refractivity contribution < 1.29 is 93.4 Å². The molecule has 4 saturated carbocycles. The summed E-state index contributed by atoms with van der Waals surface area (Å²) in [5.41, 5.74) is 0.259. The third-order valence-corrected chi connectivity index (χ3v) is 18.6. The van der Waals surface area contributed by atoms with Gasteiger partial charge in [-0.25, -0.2) is 0 Å². The molecule has 5 heterocycles. The molecule has 0 aromatic rings. The lowest BCUT2D eigenvalue weighted by Gasteiger charge is -2.61. The summed E-state index contributed by atoms with van der Waals surface area (Å²) in [6.07, 6.45) is -14.8. The summed E-state index contributed by atoms with van der Waals surface area (Å²) < 4.78 is 55.1. The molecule has 0 bridgehead atoms. The van der Waals surface area contributed by atoms with Gasteiger partial charge >= 0.3 is 5.97 Å². The van der Waals surface area contributed by atoms with Crippen LogP contribution in [-0.2, 0) is 47.4 Å². The summed E-state index contributed by atoms with van der Waals surface area (Å²) in [6.45, 7) is 9.56. The minimum absolute atomic E-state index is 0.0656. The van der Waals surface area contributed by atoms with Gasteiger partial charge in [0.05, 0.1) is 32.0 Å². The first-order chi connectivity index (χ1) is 31.3. The van der Waals surface area contributed by atoms with E-state index in [1.54, 1.807) is 0 Å². The van der Waals surface area contributed by atoms with E-state index in [-0.39, 0.29) is 23.0 Å². The van der Waals surface area contributed by atoms with Crippen LogP contribution in [0.4, 0.5) is 0 Å². The summed E-state index contributed by atoms with van der Waals surface area (Å²) in [6, 6.07) is 0. The maximum atomic E-state index is 12.1. The Hall–Kier alpha value is -1.21. The minimum atomic E-state index is -1.87. The average molecular weight is 945 g/mol. The van der Waals surface area contributed by atoms with E-state index < -0.39 is 124 Å². The Kier molecular flexibility index (Phi) is 14.4. The van der Waals surface area contributed by atoms with Crippen molar-refractivity contribution in [3.05, 3.63) is 0 Å². The first kappa shape index (κ1) is 49.8. The summed E-state index contributed by atoms with van der Waals surface area (Å²) in [7, 11) is 0. The van der Waals surface area contributed by atoms with Crippen LogP contribution in [0, 0.1) is 52.3 Å². The average Bonchev–Trinajstić information content (AvgIpc) is 3.74.